The van der Waals surface area contributed by atoms with Gasteiger partial charge in [-0.25, -0.2) is 9.55 Å². The number of aromatic nitrogens is 4. The maximum Gasteiger partial charge on any atom is 0.383 e. The van der Waals surface area contributed by atoms with Gasteiger partial charge in [-0.1, -0.05) is 19.2 Å². The lowest BCUT2D eigenvalue weighted by Gasteiger charge is -2.17. The molecular weight excluding hydrogens is 345 g/mol. The molecule has 2 aromatic rings. The monoisotopic (exact) mass is 361 g/mol. The number of imidazole rings is 1. The Balaban J connectivity index is 1.84. The fourth-order valence-electron chi connectivity index (χ4n) is 2.57. The van der Waals surface area contributed by atoms with E-state index in [1.54, 1.807) is 4.57 Å². The molecule has 1 saturated heterocycles. The Morgan fingerprint density at radius 1 is 1.70 bits per heavy atom. The predicted octanol–water partition coefficient (Wildman–Crippen LogP) is 0.672. The number of anilines is 1. The van der Waals surface area contributed by atoms with Gasteiger partial charge in [0.05, 0.1) is 19.0 Å². The molecular formula is C11H16N5O5PS. The van der Waals surface area contributed by atoms with Crippen LogP contribution in [-0.2, 0) is 13.8 Å². The highest BCUT2D eigenvalue weighted by Gasteiger charge is 2.35. The summed E-state index contributed by atoms with van der Waals surface area (Å²) in [6, 6.07) is 0. The molecule has 2 aromatic heterocycles. The van der Waals surface area contributed by atoms with Crippen LogP contribution in [0.15, 0.2) is 11.1 Å². The van der Waals surface area contributed by atoms with Crippen molar-refractivity contribution in [3.05, 3.63) is 16.7 Å². The van der Waals surface area contributed by atoms with Crippen molar-refractivity contribution >= 4 is 36.2 Å². The van der Waals surface area contributed by atoms with Crippen molar-refractivity contribution in [1.82, 2.24) is 19.5 Å². The molecule has 0 aliphatic carbocycles. The van der Waals surface area contributed by atoms with Crippen molar-refractivity contribution in [3.63, 3.8) is 0 Å². The standard InChI is InChI=1S/C11H16N5O5PS/c1-5-2-7(21-6(5)3-20-22(18,19)23)16-4-13-8-9(16)14-11(12)15-10(8)17/h4-7H,2-3H2,1H3,(H2,18,19,23)(H3,12,14,15,17)/t5-,6+,7+/m0/s1. The Labute approximate surface area is 135 Å². The second-order valence-electron chi connectivity index (χ2n) is 5.40. The second kappa shape index (κ2) is 5.91. The average molecular weight is 361 g/mol. The van der Waals surface area contributed by atoms with E-state index in [0.717, 1.165) is 0 Å². The number of fused-ring (bicyclic) bond motifs is 1. The Hall–Kier alpha value is -1.39. The minimum Gasteiger partial charge on any atom is -0.369 e. The molecule has 1 aliphatic rings. The SMILES string of the molecule is C[C@H]1C[C@H](n2cnc3c(=O)[nH]c(N)nc32)O[C@@H]1COP(=O)(O)S. The van der Waals surface area contributed by atoms with E-state index in [1.165, 1.54) is 6.33 Å². The first-order valence-corrected chi connectivity index (χ1v) is 9.55. The fourth-order valence-corrected chi connectivity index (χ4v) is 3.11. The molecule has 4 atom stereocenters. The molecule has 23 heavy (non-hydrogen) atoms. The van der Waals surface area contributed by atoms with Gasteiger partial charge >= 0.3 is 6.80 Å². The number of aromatic amines is 1. The third kappa shape index (κ3) is 3.43. The quantitative estimate of drug-likeness (QED) is 0.459. The molecule has 1 fully saturated rings. The third-order valence-corrected chi connectivity index (χ3v) is 4.54. The number of thiol groups is 1. The number of ether oxygens (including phenoxy) is 1. The van der Waals surface area contributed by atoms with Crippen LogP contribution < -0.4 is 11.3 Å². The highest BCUT2D eigenvalue weighted by Crippen LogP contribution is 2.48. The molecule has 0 bridgehead atoms. The van der Waals surface area contributed by atoms with Crippen LogP contribution in [0.4, 0.5) is 5.95 Å². The molecule has 0 radical (unpaired) electrons. The molecule has 0 spiro atoms. The summed E-state index contributed by atoms with van der Waals surface area (Å²) < 4.78 is 23.4. The predicted molar refractivity (Wildman–Crippen MR) is 85.0 cm³/mol. The molecule has 1 unspecified atom stereocenters. The normalized spacial score (nSPS) is 27.3. The Bertz CT molecular complexity index is 832. The van der Waals surface area contributed by atoms with Crippen LogP contribution in [0, 0.1) is 5.92 Å². The third-order valence-electron chi connectivity index (χ3n) is 3.71. The van der Waals surface area contributed by atoms with Gasteiger partial charge in [-0.05, 0) is 12.3 Å². The van der Waals surface area contributed by atoms with E-state index in [4.69, 9.17) is 19.9 Å². The number of H-pyrrole nitrogens is 1. The zero-order valence-electron chi connectivity index (χ0n) is 12.1. The molecule has 0 aromatic carbocycles. The van der Waals surface area contributed by atoms with Crippen LogP contribution in [0.1, 0.15) is 19.6 Å². The highest BCUT2D eigenvalue weighted by molar-refractivity contribution is 8.44. The van der Waals surface area contributed by atoms with Gasteiger partial charge in [0.15, 0.2) is 11.2 Å². The van der Waals surface area contributed by atoms with Gasteiger partial charge in [-0.15, -0.1) is 0 Å². The summed E-state index contributed by atoms with van der Waals surface area (Å²) in [4.78, 5) is 31.4. The van der Waals surface area contributed by atoms with Crippen LogP contribution in [0.2, 0.25) is 0 Å². The topological polar surface area (TPSA) is 145 Å². The van der Waals surface area contributed by atoms with E-state index >= 15 is 0 Å². The van der Waals surface area contributed by atoms with Gasteiger partial charge < -0.3 is 15.4 Å². The van der Waals surface area contributed by atoms with E-state index in [9.17, 15) is 9.36 Å². The molecule has 10 nitrogen and oxygen atoms in total. The first-order chi connectivity index (χ1) is 10.7. The van der Waals surface area contributed by atoms with E-state index < -0.39 is 18.6 Å². The molecule has 12 heteroatoms. The van der Waals surface area contributed by atoms with Crippen molar-refractivity contribution in [3.8, 4) is 0 Å². The summed E-state index contributed by atoms with van der Waals surface area (Å²) in [5.41, 5.74) is 5.64. The molecule has 0 amide bonds. The summed E-state index contributed by atoms with van der Waals surface area (Å²) in [6.45, 7) is -1.98. The lowest BCUT2D eigenvalue weighted by Crippen LogP contribution is -2.20. The van der Waals surface area contributed by atoms with Crippen LogP contribution in [0.5, 0.6) is 0 Å². The zero-order valence-corrected chi connectivity index (χ0v) is 13.9. The summed E-state index contributed by atoms with van der Waals surface area (Å²) in [5.74, 6) is 0.0585. The summed E-state index contributed by atoms with van der Waals surface area (Å²) >= 11 is 3.47. The molecule has 3 rings (SSSR count). The van der Waals surface area contributed by atoms with Gasteiger partial charge in [0.25, 0.3) is 5.56 Å². The van der Waals surface area contributed by atoms with Gasteiger partial charge in [0.1, 0.15) is 6.23 Å². The van der Waals surface area contributed by atoms with Gasteiger partial charge in [0, 0.05) is 0 Å². The lowest BCUT2D eigenvalue weighted by atomic mass is 10.0. The van der Waals surface area contributed by atoms with E-state index in [-0.39, 0.29) is 30.1 Å². The minimum absolute atomic E-state index is 0.00790. The molecule has 3 heterocycles. The molecule has 4 N–H and O–H groups in total. The Morgan fingerprint density at radius 2 is 2.43 bits per heavy atom. The Kier molecular flexibility index (Phi) is 4.23. The van der Waals surface area contributed by atoms with Gasteiger partial charge in [0.2, 0.25) is 5.95 Å². The maximum absolute atomic E-state index is 11.8. The number of nitrogens with one attached hydrogen (secondary N) is 1. The van der Waals surface area contributed by atoms with Crippen LogP contribution in [0.3, 0.4) is 0 Å². The number of hydrogen-bond acceptors (Lipinski definition) is 7. The largest absolute Gasteiger partial charge is 0.383 e. The van der Waals surface area contributed by atoms with Crippen molar-refractivity contribution < 1.29 is 18.7 Å². The zero-order chi connectivity index (χ0) is 16.8. The highest BCUT2D eigenvalue weighted by atomic mass is 32.7. The average Bonchev–Trinajstić information content (AvgIpc) is 2.99. The van der Waals surface area contributed by atoms with E-state index in [2.05, 4.69) is 27.2 Å². The van der Waals surface area contributed by atoms with Gasteiger partial charge in [-0.3, -0.25) is 18.9 Å². The molecule has 1 aliphatic heterocycles. The summed E-state index contributed by atoms with van der Waals surface area (Å²) in [6.07, 6.45) is 1.26. The van der Waals surface area contributed by atoms with Crippen molar-refractivity contribution in [1.29, 1.82) is 0 Å². The summed E-state index contributed by atoms with van der Waals surface area (Å²) in [7, 11) is 0. The van der Waals surface area contributed by atoms with Crippen molar-refractivity contribution in [2.45, 2.75) is 25.7 Å². The minimum atomic E-state index is -3.86. The number of rotatable bonds is 4. The number of nitrogens with zero attached hydrogens (tertiary/aromatic N) is 3. The number of hydrogen-bond donors (Lipinski definition) is 4. The number of nitrogens with two attached hydrogens (primary N) is 1. The van der Waals surface area contributed by atoms with Crippen LogP contribution >= 0.6 is 19.0 Å². The first-order valence-electron chi connectivity index (χ1n) is 6.82. The maximum atomic E-state index is 11.8. The molecule has 126 valence electrons. The first kappa shape index (κ1) is 16.5. The van der Waals surface area contributed by atoms with Crippen molar-refractivity contribution in [2.75, 3.05) is 12.3 Å². The van der Waals surface area contributed by atoms with Crippen LogP contribution in [0.25, 0.3) is 11.2 Å². The number of nitrogen functional groups attached to an aromatic ring is 1. The van der Waals surface area contributed by atoms with Gasteiger partial charge in [-0.2, -0.15) is 4.98 Å². The summed E-state index contributed by atoms with van der Waals surface area (Å²) in [5, 5.41) is 0. The Morgan fingerprint density at radius 3 is 3.13 bits per heavy atom. The van der Waals surface area contributed by atoms with Crippen molar-refractivity contribution in [2.24, 2.45) is 5.92 Å². The van der Waals surface area contributed by atoms with Crippen LogP contribution in [-0.4, -0.2) is 37.1 Å². The smallest absolute Gasteiger partial charge is 0.369 e. The lowest BCUT2D eigenvalue weighted by molar-refractivity contribution is -0.0234. The van der Waals surface area contributed by atoms with E-state index in [0.29, 0.717) is 12.1 Å². The second-order valence-corrected chi connectivity index (χ2v) is 8.16. The molecule has 0 saturated carbocycles. The van der Waals surface area contributed by atoms with E-state index in [1.807, 2.05) is 6.92 Å². The fraction of sp³-hybridized carbons (Fsp3) is 0.545.